The molecule has 25 heavy (non-hydrogen) atoms. The van der Waals surface area contributed by atoms with Gasteiger partial charge in [0, 0.05) is 52.0 Å². The number of likely N-dealkylation sites (tertiary alicyclic amines) is 1. The Balaban J connectivity index is 1.86. The largest absolute Gasteiger partial charge is 0.383 e. The molecule has 1 aliphatic heterocycles. The summed E-state index contributed by atoms with van der Waals surface area (Å²) in [6.45, 7) is 1.60. The zero-order valence-electron chi connectivity index (χ0n) is 14.5. The van der Waals surface area contributed by atoms with Gasteiger partial charge in [0.15, 0.2) is 0 Å². The molecule has 0 unspecified atom stereocenters. The maximum atomic E-state index is 12.3. The van der Waals surface area contributed by atoms with Crippen molar-refractivity contribution in [2.45, 2.75) is 19.3 Å². The van der Waals surface area contributed by atoms with Gasteiger partial charge in [0.2, 0.25) is 11.8 Å². The summed E-state index contributed by atoms with van der Waals surface area (Å²) < 4.78 is 5.98. The third kappa shape index (κ3) is 4.79. The number of nitrogens with one attached hydrogen (secondary N) is 2. The van der Waals surface area contributed by atoms with Crippen LogP contribution in [-0.2, 0) is 27.8 Å². The van der Waals surface area contributed by atoms with Crippen molar-refractivity contribution < 1.29 is 14.3 Å². The van der Waals surface area contributed by atoms with Gasteiger partial charge in [0.25, 0.3) is 5.56 Å². The van der Waals surface area contributed by atoms with E-state index in [1.165, 1.54) is 13.2 Å². The molecule has 2 rings (SSSR count). The molecule has 9 nitrogen and oxygen atoms in total. The van der Waals surface area contributed by atoms with Gasteiger partial charge in [-0.05, 0) is 12.8 Å². The quantitative estimate of drug-likeness (QED) is 0.628. The van der Waals surface area contributed by atoms with Gasteiger partial charge in [-0.25, -0.2) is 4.79 Å². The number of amides is 2. The van der Waals surface area contributed by atoms with Crippen molar-refractivity contribution in [1.82, 2.24) is 19.8 Å². The number of nitrogens with zero attached hydrogens (tertiary/aromatic N) is 2. The van der Waals surface area contributed by atoms with Crippen LogP contribution in [0.25, 0.3) is 0 Å². The van der Waals surface area contributed by atoms with Crippen LogP contribution < -0.4 is 16.6 Å². The number of H-pyrrole nitrogens is 1. The SMILES string of the molecule is COCCN1C[C@H](C(=O)NCCc2c[nH]c(=O)n(C)c2=O)CCC1=O. The summed E-state index contributed by atoms with van der Waals surface area (Å²) in [6.07, 6.45) is 2.58. The fraction of sp³-hybridized carbons (Fsp3) is 0.625. The van der Waals surface area contributed by atoms with E-state index in [4.69, 9.17) is 4.74 Å². The molecule has 0 spiro atoms. The molecule has 1 saturated heterocycles. The Morgan fingerprint density at radius 2 is 2.16 bits per heavy atom. The van der Waals surface area contributed by atoms with Crippen LogP contribution in [0.4, 0.5) is 0 Å². The Bertz CT molecular complexity index is 739. The summed E-state index contributed by atoms with van der Waals surface area (Å²) in [5.41, 5.74) is -0.407. The van der Waals surface area contributed by atoms with Gasteiger partial charge in [0.05, 0.1) is 12.5 Å². The predicted octanol–water partition coefficient (Wildman–Crippen LogP) is -1.38. The maximum absolute atomic E-state index is 12.3. The van der Waals surface area contributed by atoms with Crippen molar-refractivity contribution in [1.29, 1.82) is 0 Å². The summed E-state index contributed by atoms with van der Waals surface area (Å²) in [7, 11) is 2.97. The van der Waals surface area contributed by atoms with Gasteiger partial charge in [-0.2, -0.15) is 0 Å². The number of carbonyl (C=O) groups is 2. The Hall–Kier alpha value is -2.42. The molecule has 2 heterocycles. The molecule has 138 valence electrons. The van der Waals surface area contributed by atoms with Crippen LogP contribution in [0.2, 0.25) is 0 Å². The van der Waals surface area contributed by atoms with Gasteiger partial charge >= 0.3 is 5.69 Å². The second-order valence-corrected chi connectivity index (χ2v) is 6.09. The van der Waals surface area contributed by atoms with Gasteiger partial charge in [-0.15, -0.1) is 0 Å². The summed E-state index contributed by atoms with van der Waals surface area (Å²) in [4.78, 5) is 51.5. The first kappa shape index (κ1) is 18.9. The van der Waals surface area contributed by atoms with Gasteiger partial charge in [-0.3, -0.25) is 19.0 Å². The molecule has 1 fully saturated rings. The lowest BCUT2D eigenvalue weighted by molar-refractivity contribution is -0.138. The minimum atomic E-state index is -0.471. The second-order valence-electron chi connectivity index (χ2n) is 6.09. The molecular formula is C16H24N4O5. The topological polar surface area (TPSA) is 114 Å². The average molecular weight is 352 g/mol. The van der Waals surface area contributed by atoms with E-state index in [0.29, 0.717) is 51.1 Å². The number of carbonyl (C=O) groups excluding carboxylic acids is 2. The fourth-order valence-corrected chi connectivity index (χ4v) is 2.81. The third-order valence-electron chi connectivity index (χ3n) is 4.38. The summed E-state index contributed by atoms with van der Waals surface area (Å²) in [5.74, 6) is -0.345. The Morgan fingerprint density at radius 3 is 2.88 bits per heavy atom. The summed E-state index contributed by atoms with van der Waals surface area (Å²) in [6, 6.07) is 0. The van der Waals surface area contributed by atoms with E-state index >= 15 is 0 Å². The zero-order valence-corrected chi connectivity index (χ0v) is 14.5. The molecule has 2 amide bonds. The number of ether oxygens (including phenoxy) is 1. The van der Waals surface area contributed by atoms with E-state index in [1.54, 1.807) is 12.0 Å². The Labute approximate surface area is 145 Å². The van der Waals surface area contributed by atoms with Crippen LogP contribution in [0.3, 0.4) is 0 Å². The number of piperidine rings is 1. The zero-order chi connectivity index (χ0) is 18.4. The van der Waals surface area contributed by atoms with Crippen molar-refractivity contribution in [2.75, 3.05) is 33.4 Å². The van der Waals surface area contributed by atoms with Crippen LogP contribution >= 0.6 is 0 Å². The van der Waals surface area contributed by atoms with Crippen molar-refractivity contribution >= 4 is 11.8 Å². The van der Waals surface area contributed by atoms with Gasteiger partial charge < -0.3 is 19.9 Å². The standard InChI is InChI=1S/C16H24N4O5/c1-19-15(23)11(9-18-16(19)24)5-6-17-14(22)12-3-4-13(21)20(10-12)7-8-25-2/h9,12H,3-8,10H2,1-2H3,(H,17,22)(H,18,24)/t12-/m1/s1. The van der Waals surface area contributed by atoms with E-state index in [9.17, 15) is 19.2 Å². The molecule has 2 N–H and O–H groups in total. The lowest BCUT2D eigenvalue weighted by atomic mass is 9.96. The molecule has 0 radical (unpaired) electrons. The average Bonchev–Trinajstić information content (AvgIpc) is 2.61. The van der Waals surface area contributed by atoms with E-state index in [-0.39, 0.29) is 23.3 Å². The molecule has 9 heteroatoms. The molecule has 1 aromatic rings. The van der Waals surface area contributed by atoms with Gasteiger partial charge in [-0.1, -0.05) is 0 Å². The van der Waals surface area contributed by atoms with E-state index < -0.39 is 5.69 Å². The normalized spacial score (nSPS) is 17.6. The highest BCUT2D eigenvalue weighted by atomic mass is 16.5. The third-order valence-corrected chi connectivity index (χ3v) is 4.38. The molecule has 0 aromatic carbocycles. The monoisotopic (exact) mass is 352 g/mol. The van der Waals surface area contributed by atoms with Crippen molar-refractivity contribution in [3.8, 4) is 0 Å². The maximum Gasteiger partial charge on any atom is 0.328 e. The number of methoxy groups -OCH3 is 1. The summed E-state index contributed by atoms with van der Waals surface area (Å²) >= 11 is 0. The minimum absolute atomic E-state index is 0.0397. The molecule has 1 aliphatic rings. The van der Waals surface area contributed by atoms with Crippen LogP contribution in [-0.4, -0.2) is 59.6 Å². The molecule has 1 atom stereocenters. The number of hydrogen-bond acceptors (Lipinski definition) is 5. The molecule has 0 saturated carbocycles. The second kappa shape index (κ2) is 8.61. The highest BCUT2D eigenvalue weighted by Crippen LogP contribution is 2.17. The summed E-state index contributed by atoms with van der Waals surface area (Å²) in [5, 5.41) is 2.81. The fourth-order valence-electron chi connectivity index (χ4n) is 2.81. The lowest BCUT2D eigenvalue weighted by Crippen LogP contribution is -2.47. The molecule has 0 bridgehead atoms. The Morgan fingerprint density at radius 1 is 1.40 bits per heavy atom. The van der Waals surface area contributed by atoms with E-state index in [1.807, 2.05) is 0 Å². The van der Waals surface area contributed by atoms with Crippen molar-refractivity contribution in [2.24, 2.45) is 13.0 Å². The first-order valence-electron chi connectivity index (χ1n) is 8.26. The molecule has 1 aromatic heterocycles. The number of aromatic nitrogens is 2. The highest BCUT2D eigenvalue weighted by molar-refractivity contribution is 5.83. The number of aromatic amines is 1. The smallest absolute Gasteiger partial charge is 0.328 e. The van der Waals surface area contributed by atoms with Crippen LogP contribution in [0.15, 0.2) is 15.8 Å². The van der Waals surface area contributed by atoms with Crippen LogP contribution in [0.5, 0.6) is 0 Å². The first-order chi connectivity index (χ1) is 11.9. The minimum Gasteiger partial charge on any atom is -0.383 e. The lowest BCUT2D eigenvalue weighted by Gasteiger charge is -2.31. The van der Waals surface area contributed by atoms with Crippen molar-refractivity contribution in [3.63, 3.8) is 0 Å². The van der Waals surface area contributed by atoms with Crippen molar-refractivity contribution in [3.05, 3.63) is 32.6 Å². The van der Waals surface area contributed by atoms with Crippen LogP contribution in [0, 0.1) is 5.92 Å². The van der Waals surface area contributed by atoms with Gasteiger partial charge in [0.1, 0.15) is 0 Å². The highest BCUT2D eigenvalue weighted by Gasteiger charge is 2.29. The first-order valence-corrected chi connectivity index (χ1v) is 8.26. The number of rotatable bonds is 7. The van der Waals surface area contributed by atoms with Crippen LogP contribution in [0.1, 0.15) is 18.4 Å². The molecular weight excluding hydrogens is 328 g/mol. The number of hydrogen-bond donors (Lipinski definition) is 2. The molecule has 0 aliphatic carbocycles. The Kier molecular flexibility index (Phi) is 6.51. The van der Waals surface area contributed by atoms with E-state index in [2.05, 4.69) is 10.3 Å². The van der Waals surface area contributed by atoms with E-state index in [0.717, 1.165) is 4.57 Å². The predicted molar refractivity (Wildman–Crippen MR) is 90.2 cm³/mol.